The van der Waals surface area contributed by atoms with Crippen molar-refractivity contribution in [2.24, 2.45) is 5.92 Å². The molecule has 0 bridgehead atoms. The van der Waals surface area contributed by atoms with Crippen LogP contribution in [-0.2, 0) is 0 Å². The zero-order valence-electron chi connectivity index (χ0n) is 19.5. The van der Waals surface area contributed by atoms with Gasteiger partial charge in [0.15, 0.2) is 0 Å². The van der Waals surface area contributed by atoms with Crippen molar-refractivity contribution in [2.45, 2.75) is 89.6 Å². The molecule has 2 nitrogen and oxygen atoms in total. The Kier molecular flexibility index (Phi) is 13.7. The Balaban J connectivity index is 2.55. The summed E-state index contributed by atoms with van der Waals surface area (Å²) in [4.78, 5) is 20.4. The van der Waals surface area contributed by atoms with Gasteiger partial charge in [-0.2, -0.15) is 0 Å². The second kappa shape index (κ2) is 15.4. The van der Waals surface area contributed by atoms with Crippen molar-refractivity contribution in [3.8, 4) is 0 Å². The predicted octanol–water partition coefficient (Wildman–Crippen LogP) is 7.66. The molecule has 0 aliphatic carbocycles. The van der Waals surface area contributed by atoms with Crippen molar-refractivity contribution in [1.82, 2.24) is 0 Å². The highest BCUT2D eigenvalue weighted by atomic mass is 28.4. The van der Waals surface area contributed by atoms with Crippen LogP contribution in [0, 0.1) is 5.92 Å². The van der Waals surface area contributed by atoms with Crippen LogP contribution >= 0.6 is 0 Å². The van der Waals surface area contributed by atoms with E-state index < -0.39 is 8.56 Å². The van der Waals surface area contributed by atoms with Gasteiger partial charge in [-0.1, -0.05) is 86.9 Å². The van der Waals surface area contributed by atoms with Gasteiger partial charge in [-0.25, -0.2) is 0 Å². The Morgan fingerprint density at radius 2 is 1.73 bits per heavy atom. The zero-order valence-corrected chi connectivity index (χ0v) is 20.5. The first-order chi connectivity index (χ1) is 14.4. The van der Waals surface area contributed by atoms with Crippen LogP contribution in [0.15, 0.2) is 67.3 Å². The van der Waals surface area contributed by atoms with Crippen LogP contribution in [0.3, 0.4) is 0 Å². The molecule has 0 saturated heterocycles. The number of hydrogen-bond donors (Lipinski definition) is 2. The number of hydrogen-bond acceptors (Lipinski definition) is 2. The summed E-state index contributed by atoms with van der Waals surface area (Å²) in [5.41, 5.74) is 1.45. The van der Waals surface area contributed by atoms with Gasteiger partial charge in [0.2, 0.25) is 0 Å². The van der Waals surface area contributed by atoms with Crippen LogP contribution in [0.25, 0.3) is 0 Å². The Morgan fingerprint density at radius 3 is 2.33 bits per heavy atom. The summed E-state index contributed by atoms with van der Waals surface area (Å²) in [7, 11) is -3.07. The molecule has 0 amide bonds. The Morgan fingerprint density at radius 1 is 1.00 bits per heavy atom. The molecule has 0 fully saturated rings. The zero-order chi connectivity index (χ0) is 22.2. The maximum atomic E-state index is 10.2. The molecule has 0 aromatic heterocycles. The van der Waals surface area contributed by atoms with E-state index in [-0.39, 0.29) is 5.54 Å². The molecule has 0 heterocycles. The smallest absolute Gasteiger partial charge is 0.333 e. The van der Waals surface area contributed by atoms with Crippen molar-refractivity contribution >= 4 is 8.56 Å². The molecule has 1 aromatic carbocycles. The second-order valence-corrected chi connectivity index (χ2v) is 11.7. The minimum atomic E-state index is -3.07. The summed E-state index contributed by atoms with van der Waals surface area (Å²) in [6.45, 7) is 10.0. The lowest BCUT2D eigenvalue weighted by molar-refractivity contribution is 0.340. The van der Waals surface area contributed by atoms with E-state index in [1.165, 1.54) is 18.4 Å². The van der Waals surface area contributed by atoms with Crippen LogP contribution in [0.1, 0.15) is 83.1 Å². The summed E-state index contributed by atoms with van der Waals surface area (Å²) in [5, 5.41) is 0. The van der Waals surface area contributed by atoms with E-state index >= 15 is 0 Å². The largest absolute Gasteiger partial charge is 0.411 e. The lowest BCUT2D eigenvalue weighted by Gasteiger charge is -2.23. The number of rotatable bonds is 16. The minimum Gasteiger partial charge on any atom is -0.411 e. The molecule has 0 aliphatic heterocycles. The third kappa shape index (κ3) is 11.1. The van der Waals surface area contributed by atoms with Crippen molar-refractivity contribution < 1.29 is 9.59 Å². The first kappa shape index (κ1) is 26.6. The third-order valence-corrected chi connectivity index (χ3v) is 8.14. The predicted molar refractivity (Wildman–Crippen MR) is 134 cm³/mol. The molecule has 3 atom stereocenters. The van der Waals surface area contributed by atoms with E-state index in [2.05, 4.69) is 81.1 Å². The second-order valence-electron chi connectivity index (χ2n) is 8.72. The van der Waals surface area contributed by atoms with Crippen LogP contribution in [-0.4, -0.2) is 18.2 Å². The molecule has 30 heavy (non-hydrogen) atoms. The van der Waals surface area contributed by atoms with E-state index in [0.717, 1.165) is 44.9 Å². The van der Waals surface area contributed by atoms with Gasteiger partial charge >= 0.3 is 8.56 Å². The summed E-state index contributed by atoms with van der Waals surface area (Å²) < 4.78 is 0. The van der Waals surface area contributed by atoms with E-state index in [9.17, 15) is 9.59 Å². The highest BCUT2D eigenvalue weighted by molar-refractivity contribution is 6.64. The Hall–Kier alpha value is -1.42. The van der Waals surface area contributed by atoms with Gasteiger partial charge in [0.25, 0.3) is 0 Å². The van der Waals surface area contributed by atoms with Crippen molar-refractivity contribution in [2.75, 3.05) is 0 Å². The quantitative estimate of drug-likeness (QED) is 0.161. The maximum Gasteiger partial charge on any atom is 0.333 e. The highest BCUT2D eigenvalue weighted by Crippen LogP contribution is 2.31. The Labute approximate surface area is 186 Å². The van der Waals surface area contributed by atoms with Gasteiger partial charge in [-0.05, 0) is 69.4 Å². The minimum absolute atomic E-state index is 0.0405. The summed E-state index contributed by atoms with van der Waals surface area (Å²) in [5.74, 6) is 1.01. The van der Waals surface area contributed by atoms with Gasteiger partial charge in [0.05, 0.1) is 0 Å². The van der Waals surface area contributed by atoms with Crippen molar-refractivity contribution in [3.05, 3.63) is 72.9 Å². The normalized spacial score (nSPS) is 15.5. The van der Waals surface area contributed by atoms with Gasteiger partial charge in [0, 0.05) is 5.54 Å². The molecular formula is C27H44O2Si. The number of benzene rings is 1. The van der Waals surface area contributed by atoms with E-state index in [4.69, 9.17) is 0 Å². The maximum absolute atomic E-state index is 10.2. The fourth-order valence-corrected chi connectivity index (χ4v) is 5.37. The molecule has 168 valence electrons. The van der Waals surface area contributed by atoms with E-state index in [0.29, 0.717) is 11.8 Å². The van der Waals surface area contributed by atoms with Crippen molar-refractivity contribution in [1.29, 1.82) is 0 Å². The fraction of sp³-hybridized carbons (Fsp3) is 0.556. The van der Waals surface area contributed by atoms with Gasteiger partial charge in [0.1, 0.15) is 0 Å². The summed E-state index contributed by atoms with van der Waals surface area (Å²) >= 11 is 0. The topological polar surface area (TPSA) is 40.5 Å². The standard InChI is InChI=1S/C27H44O2Si/c1-5-8-12-21-27(30(4,28)29)22-16-10-13-17-24(7-3)23-26(18-9-6-2)25-19-14-11-15-20-25/h6-7,9-11,14-16,19-20,24,26-29H,3,5,8,12-13,17-18,21-23H2,1-2,4H3/b9-6+,16-10+. The molecular weight excluding hydrogens is 384 g/mol. The number of allylic oxidation sites excluding steroid dienone is 5. The molecule has 1 rings (SSSR count). The fourth-order valence-electron chi connectivity index (χ4n) is 4.04. The molecule has 1 aromatic rings. The van der Waals surface area contributed by atoms with Crippen LogP contribution in [0.2, 0.25) is 12.1 Å². The molecule has 2 N–H and O–H groups in total. The number of unbranched alkanes of at least 4 members (excludes halogenated alkanes) is 2. The van der Waals surface area contributed by atoms with Crippen molar-refractivity contribution in [3.63, 3.8) is 0 Å². The van der Waals surface area contributed by atoms with E-state index in [1.807, 2.05) is 0 Å². The van der Waals surface area contributed by atoms with Gasteiger partial charge in [-0.15, -0.1) is 6.58 Å². The lowest BCUT2D eigenvalue weighted by Crippen LogP contribution is -2.36. The van der Waals surface area contributed by atoms with Crippen LogP contribution in [0.5, 0.6) is 0 Å². The molecule has 0 aliphatic rings. The average Bonchev–Trinajstić information content (AvgIpc) is 2.73. The monoisotopic (exact) mass is 428 g/mol. The first-order valence-corrected chi connectivity index (χ1v) is 14.3. The van der Waals surface area contributed by atoms with Gasteiger partial charge in [-0.3, -0.25) is 0 Å². The molecule has 3 heteroatoms. The average molecular weight is 429 g/mol. The summed E-state index contributed by atoms with van der Waals surface area (Å²) in [6, 6.07) is 10.8. The molecule has 0 radical (unpaired) electrons. The van der Waals surface area contributed by atoms with Crippen LogP contribution < -0.4 is 0 Å². The van der Waals surface area contributed by atoms with E-state index in [1.54, 1.807) is 6.55 Å². The summed E-state index contributed by atoms with van der Waals surface area (Å²) in [6.07, 6.45) is 20.3. The SMILES string of the molecule is C=CC(CC/C=C/CC(CCCCC)[Si](C)(O)O)CC(C/C=C/C)c1ccccc1. The first-order valence-electron chi connectivity index (χ1n) is 11.8. The molecule has 0 saturated carbocycles. The van der Waals surface area contributed by atoms with Crippen LogP contribution in [0.4, 0.5) is 0 Å². The van der Waals surface area contributed by atoms with Gasteiger partial charge < -0.3 is 9.59 Å². The highest BCUT2D eigenvalue weighted by Gasteiger charge is 2.32. The molecule has 0 spiro atoms. The Bertz CT molecular complexity index is 616. The third-order valence-electron chi connectivity index (χ3n) is 6.07. The molecule has 3 unspecified atom stereocenters. The lowest BCUT2D eigenvalue weighted by atomic mass is 9.84.